The SMILES string of the molecule is Cn1c(F)c(C(=O)NCC2CCCCC2)c2ccccc21. The van der Waals surface area contributed by atoms with Crippen LogP contribution in [0.1, 0.15) is 42.5 Å². The Balaban J connectivity index is 1.79. The number of carbonyl (C=O) groups excluding carboxylic acids is 1. The van der Waals surface area contributed by atoms with Crippen LogP contribution in [0.2, 0.25) is 0 Å². The lowest BCUT2D eigenvalue weighted by molar-refractivity contribution is 0.0940. The third-order valence-electron chi connectivity index (χ3n) is 4.54. The Morgan fingerprint density at radius 1 is 1.29 bits per heavy atom. The number of para-hydroxylation sites is 1. The van der Waals surface area contributed by atoms with Crippen molar-refractivity contribution in [2.45, 2.75) is 32.1 Å². The van der Waals surface area contributed by atoms with Gasteiger partial charge in [0.05, 0.1) is 5.52 Å². The summed E-state index contributed by atoms with van der Waals surface area (Å²) in [7, 11) is 1.65. The van der Waals surface area contributed by atoms with Crippen molar-refractivity contribution in [2.75, 3.05) is 6.54 Å². The maximum Gasteiger partial charge on any atom is 0.256 e. The number of hydrogen-bond donors (Lipinski definition) is 1. The van der Waals surface area contributed by atoms with Crippen molar-refractivity contribution >= 4 is 16.8 Å². The summed E-state index contributed by atoms with van der Waals surface area (Å²) in [6, 6.07) is 7.31. The first kappa shape index (κ1) is 14.1. The van der Waals surface area contributed by atoms with E-state index in [0.717, 1.165) is 18.4 Å². The monoisotopic (exact) mass is 288 g/mol. The van der Waals surface area contributed by atoms with Crippen molar-refractivity contribution in [2.24, 2.45) is 13.0 Å². The summed E-state index contributed by atoms with van der Waals surface area (Å²) >= 11 is 0. The number of nitrogens with zero attached hydrogens (tertiary/aromatic N) is 1. The van der Waals surface area contributed by atoms with Crippen molar-refractivity contribution in [3.8, 4) is 0 Å². The van der Waals surface area contributed by atoms with Gasteiger partial charge in [-0.05, 0) is 24.8 Å². The summed E-state index contributed by atoms with van der Waals surface area (Å²) in [4.78, 5) is 12.4. The molecule has 0 atom stereocenters. The van der Waals surface area contributed by atoms with Gasteiger partial charge in [0.25, 0.3) is 5.91 Å². The van der Waals surface area contributed by atoms with Crippen molar-refractivity contribution < 1.29 is 9.18 Å². The van der Waals surface area contributed by atoms with Gasteiger partial charge in [0, 0.05) is 19.0 Å². The number of amides is 1. The molecule has 0 saturated heterocycles. The van der Waals surface area contributed by atoms with Crippen LogP contribution >= 0.6 is 0 Å². The van der Waals surface area contributed by atoms with Crippen molar-refractivity contribution in [1.29, 1.82) is 0 Å². The molecule has 0 spiro atoms. The molecule has 1 amide bonds. The Kier molecular flexibility index (Phi) is 3.95. The second kappa shape index (κ2) is 5.88. The molecule has 0 aliphatic heterocycles. The molecule has 1 fully saturated rings. The summed E-state index contributed by atoms with van der Waals surface area (Å²) < 4.78 is 15.8. The number of fused-ring (bicyclic) bond motifs is 1. The largest absolute Gasteiger partial charge is 0.352 e. The number of halogens is 1. The van der Waals surface area contributed by atoms with Crippen LogP contribution < -0.4 is 5.32 Å². The maximum atomic E-state index is 14.3. The summed E-state index contributed by atoms with van der Waals surface area (Å²) in [5, 5.41) is 3.60. The first-order valence-electron chi connectivity index (χ1n) is 7.69. The topological polar surface area (TPSA) is 34.0 Å². The lowest BCUT2D eigenvalue weighted by Crippen LogP contribution is -2.30. The molecule has 1 aromatic heterocycles. The smallest absolute Gasteiger partial charge is 0.256 e. The number of aromatic nitrogens is 1. The van der Waals surface area contributed by atoms with E-state index in [1.165, 1.54) is 23.8 Å². The number of aryl methyl sites for hydroxylation is 1. The highest BCUT2D eigenvalue weighted by molar-refractivity contribution is 6.07. The van der Waals surface area contributed by atoms with E-state index >= 15 is 0 Å². The zero-order valence-electron chi connectivity index (χ0n) is 12.4. The standard InChI is InChI=1S/C17H21FN2O/c1-20-14-10-6-5-9-13(14)15(16(20)18)17(21)19-11-12-7-3-2-4-8-12/h5-6,9-10,12H,2-4,7-8,11H2,1H3,(H,19,21). The first-order chi connectivity index (χ1) is 10.2. The number of carbonyl (C=O) groups is 1. The number of rotatable bonds is 3. The van der Waals surface area contributed by atoms with Crippen molar-refractivity contribution in [3.05, 3.63) is 35.8 Å². The van der Waals surface area contributed by atoms with E-state index in [-0.39, 0.29) is 11.5 Å². The second-order valence-corrected chi connectivity index (χ2v) is 5.96. The first-order valence-corrected chi connectivity index (χ1v) is 7.69. The summed E-state index contributed by atoms with van der Waals surface area (Å²) in [6.07, 6.45) is 6.10. The molecular formula is C17H21FN2O. The van der Waals surface area contributed by atoms with E-state index in [2.05, 4.69) is 5.32 Å². The molecule has 0 unspecified atom stereocenters. The van der Waals surface area contributed by atoms with Crippen molar-refractivity contribution in [1.82, 2.24) is 9.88 Å². The van der Waals surface area contributed by atoms with Crippen LogP contribution in [0, 0.1) is 11.9 Å². The van der Waals surface area contributed by atoms with E-state index in [9.17, 15) is 9.18 Å². The Morgan fingerprint density at radius 2 is 2.00 bits per heavy atom. The Bertz CT molecular complexity index is 656. The Labute approximate surface area is 124 Å². The molecule has 0 bridgehead atoms. The van der Waals surface area contributed by atoms with Crippen LogP contribution in [-0.2, 0) is 7.05 Å². The highest BCUT2D eigenvalue weighted by Gasteiger charge is 2.22. The molecule has 0 radical (unpaired) electrons. The average molecular weight is 288 g/mol. The van der Waals surface area contributed by atoms with Gasteiger partial charge in [0.15, 0.2) is 0 Å². The number of nitrogens with one attached hydrogen (secondary N) is 1. The second-order valence-electron chi connectivity index (χ2n) is 5.96. The molecule has 1 aromatic carbocycles. The maximum absolute atomic E-state index is 14.3. The zero-order chi connectivity index (χ0) is 14.8. The number of hydrogen-bond acceptors (Lipinski definition) is 1. The molecular weight excluding hydrogens is 267 g/mol. The fraction of sp³-hybridized carbons (Fsp3) is 0.471. The van der Waals surface area contributed by atoms with E-state index in [4.69, 9.17) is 0 Å². The molecule has 3 nitrogen and oxygen atoms in total. The Hall–Kier alpha value is -1.84. The molecule has 3 rings (SSSR count). The van der Waals surface area contributed by atoms with E-state index in [1.807, 2.05) is 18.2 Å². The van der Waals surface area contributed by atoms with Crippen LogP contribution in [0.4, 0.5) is 4.39 Å². The van der Waals surface area contributed by atoms with Gasteiger partial charge >= 0.3 is 0 Å². The minimum absolute atomic E-state index is 0.170. The molecule has 1 N–H and O–H groups in total. The molecule has 1 heterocycles. The molecule has 1 saturated carbocycles. The zero-order valence-corrected chi connectivity index (χ0v) is 12.4. The van der Waals surface area contributed by atoms with Gasteiger partial charge in [-0.3, -0.25) is 4.79 Å². The minimum Gasteiger partial charge on any atom is -0.352 e. The Morgan fingerprint density at radius 3 is 2.76 bits per heavy atom. The van der Waals surface area contributed by atoms with Crippen LogP contribution in [0.5, 0.6) is 0 Å². The van der Waals surface area contributed by atoms with Crippen LogP contribution in [-0.4, -0.2) is 17.0 Å². The molecule has 1 aliphatic rings. The average Bonchev–Trinajstić information content (AvgIpc) is 2.78. The highest BCUT2D eigenvalue weighted by atomic mass is 19.1. The van der Waals surface area contributed by atoms with Crippen molar-refractivity contribution in [3.63, 3.8) is 0 Å². The molecule has 1 aliphatic carbocycles. The van der Waals surface area contributed by atoms with Gasteiger partial charge in [0.2, 0.25) is 5.95 Å². The van der Waals surface area contributed by atoms with E-state index < -0.39 is 5.95 Å². The lowest BCUT2D eigenvalue weighted by atomic mass is 9.89. The fourth-order valence-corrected chi connectivity index (χ4v) is 3.29. The van der Waals surface area contributed by atoms with Gasteiger partial charge in [-0.15, -0.1) is 0 Å². The third-order valence-corrected chi connectivity index (χ3v) is 4.54. The third kappa shape index (κ3) is 2.67. The molecule has 112 valence electrons. The predicted octanol–water partition coefficient (Wildman–Crippen LogP) is 3.63. The summed E-state index contributed by atoms with van der Waals surface area (Å²) in [5.74, 6) is -0.215. The summed E-state index contributed by atoms with van der Waals surface area (Å²) in [5.41, 5.74) is 0.918. The van der Waals surface area contributed by atoms with Crippen LogP contribution in [0.25, 0.3) is 10.9 Å². The number of benzene rings is 1. The molecule has 2 aromatic rings. The highest BCUT2D eigenvalue weighted by Crippen LogP contribution is 2.25. The van der Waals surface area contributed by atoms with Gasteiger partial charge in [0.1, 0.15) is 5.56 Å². The predicted molar refractivity (Wildman–Crippen MR) is 81.8 cm³/mol. The van der Waals surface area contributed by atoms with E-state index in [0.29, 0.717) is 17.8 Å². The summed E-state index contributed by atoms with van der Waals surface area (Å²) in [6.45, 7) is 0.654. The van der Waals surface area contributed by atoms with Gasteiger partial charge < -0.3 is 9.88 Å². The quantitative estimate of drug-likeness (QED) is 0.919. The van der Waals surface area contributed by atoms with Gasteiger partial charge in [-0.2, -0.15) is 4.39 Å². The van der Waals surface area contributed by atoms with E-state index in [1.54, 1.807) is 13.1 Å². The van der Waals surface area contributed by atoms with Crippen LogP contribution in [0.3, 0.4) is 0 Å². The minimum atomic E-state index is -0.461. The molecule has 4 heteroatoms. The van der Waals surface area contributed by atoms with Crippen LogP contribution in [0.15, 0.2) is 24.3 Å². The fourth-order valence-electron chi connectivity index (χ4n) is 3.29. The van der Waals surface area contributed by atoms with Gasteiger partial charge in [-0.25, -0.2) is 0 Å². The van der Waals surface area contributed by atoms with Gasteiger partial charge in [-0.1, -0.05) is 37.5 Å². The lowest BCUT2D eigenvalue weighted by Gasteiger charge is -2.21. The normalized spacial score (nSPS) is 16.3. The molecule has 21 heavy (non-hydrogen) atoms.